The number of benzene rings is 1. The fourth-order valence-electron chi connectivity index (χ4n) is 8.21. The van der Waals surface area contributed by atoms with Gasteiger partial charge in [-0.1, -0.05) is 18.2 Å². The largest absolute Gasteiger partial charge is 0.483 e. The first kappa shape index (κ1) is 65.9. The number of hydrogen-bond acceptors (Lipinski definition) is 28. The van der Waals surface area contributed by atoms with Gasteiger partial charge in [-0.15, -0.1) is 0 Å². The van der Waals surface area contributed by atoms with E-state index in [0.29, 0.717) is 4.57 Å². The number of phosphoric ester groups is 2. The number of ether oxygens (including phenoxy) is 10. The van der Waals surface area contributed by atoms with Gasteiger partial charge in [0, 0.05) is 53.8 Å². The number of carbonyl (C=O) groups excluding carboxylic acids is 7. The molecular formula is C44H60N4O30P2S. The number of sulfone groups is 1. The molecule has 2 unspecified atom stereocenters. The van der Waals surface area contributed by atoms with Crippen LogP contribution in [0, 0.1) is 0 Å². The SMILES string of the molecule is CC(=O)N[C@H]1[C@H](O[C@H]2[C@H](O[C@H](C)C(=O)OCCS(=O)(=O)c3ccccc3)[C@@H](NC(C)=O)[C@@H](OP(=O)(O)OP(=O)(O)OC[C@H]3O[C@@H](n4ccc(=O)[nH]c4=O)[C@H](O)[C@@H]3O)O[C@@H]2COC(C)=O)O[C@H](COC(C)=O)[C@@H](OC(C)=O)[C@@H]1OC(C)=O. The van der Waals surface area contributed by atoms with Crippen molar-refractivity contribution < 1.29 is 132 Å². The zero-order valence-corrected chi connectivity index (χ0v) is 46.5. The first-order chi connectivity index (χ1) is 37.8. The van der Waals surface area contributed by atoms with Crippen LogP contribution >= 0.6 is 15.6 Å². The van der Waals surface area contributed by atoms with Gasteiger partial charge in [-0.25, -0.2) is 27.1 Å². The summed E-state index contributed by atoms with van der Waals surface area (Å²) in [4.78, 5) is 137. The number of phosphoric acid groups is 2. The maximum absolute atomic E-state index is 13.8. The third-order valence-electron chi connectivity index (χ3n) is 11.5. The molecule has 2 aromatic rings. The maximum Gasteiger partial charge on any atom is 0.483 e. The summed E-state index contributed by atoms with van der Waals surface area (Å²) in [6.07, 6.45) is -24.2. The van der Waals surface area contributed by atoms with Gasteiger partial charge in [-0.05, 0) is 19.1 Å². The highest BCUT2D eigenvalue weighted by Gasteiger charge is 2.57. The average molecular weight is 1220 g/mol. The second-order valence-electron chi connectivity index (χ2n) is 17.9. The highest BCUT2D eigenvalue weighted by atomic mass is 32.2. The minimum absolute atomic E-state index is 0.115. The number of rotatable bonds is 25. The normalized spacial score (nSPS) is 29.3. The number of hydrogen-bond donors (Lipinski definition) is 7. The minimum Gasteiger partial charge on any atom is -0.463 e. The molecule has 3 aliphatic rings. The number of amides is 2. The molecule has 2 amide bonds. The van der Waals surface area contributed by atoms with Crippen LogP contribution in [0.5, 0.6) is 0 Å². The van der Waals surface area contributed by atoms with Crippen molar-refractivity contribution in [1.82, 2.24) is 20.2 Å². The van der Waals surface area contributed by atoms with Crippen molar-refractivity contribution in [2.24, 2.45) is 0 Å². The van der Waals surface area contributed by atoms with E-state index in [0.717, 1.165) is 60.7 Å². The summed E-state index contributed by atoms with van der Waals surface area (Å²) in [5.41, 5.74) is -1.92. The molecule has 1 aromatic carbocycles. The predicted molar refractivity (Wildman–Crippen MR) is 261 cm³/mol. The lowest BCUT2D eigenvalue weighted by Crippen LogP contribution is -2.70. The fourth-order valence-corrected chi connectivity index (χ4v) is 11.5. The number of aromatic amines is 1. The van der Waals surface area contributed by atoms with E-state index < -0.39 is 203 Å². The number of aliphatic hydroxyl groups is 2. The standard InChI is InChI=1S/C44H60N4O30P2S/c1-20(41(58)66-15-16-81(64,65)27-11-9-8-10-12-27)70-38-33(46-22(3)50)43(77-80(62,63)78-79(60,61)69-19-28-34(56)35(57)40(73-28)48-14-13-31(55)47-44(48)59)75-30(18-68-24(5)52)37(38)76-42-32(45-21(2)49)39(72-26(7)54)36(71-25(6)53)29(74-42)17-67-23(4)51/h8-14,20,28-30,32-40,42-43,56-57H,15-19H2,1-7H3,(H,45,49)(H,46,50)(H,60,61)(H,62,63)(H,47,55,59)/t20-,28-,29-,30-,32-,33-,34-,35-,36-,37-,38-,39-,40-,42+,43-/m1/s1. The summed E-state index contributed by atoms with van der Waals surface area (Å²) < 4.78 is 125. The molecule has 0 radical (unpaired) electrons. The van der Waals surface area contributed by atoms with Crippen LogP contribution in [0.25, 0.3) is 0 Å². The molecule has 0 spiro atoms. The van der Waals surface area contributed by atoms with Crippen LogP contribution in [-0.4, -0.2) is 198 Å². The number of aliphatic hydroxyl groups excluding tert-OH is 2. The van der Waals surface area contributed by atoms with Crippen molar-refractivity contribution in [3.05, 3.63) is 63.4 Å². The summed E-state index contributed by atoms with van der Waals surface area (Å²) in [5, 5.41) is 26.0. The van der Waals surface area contributed by atoms with Crippen molar-refractivity contribution in [1.29, 1.82) is 0 Å². The van der Waals surface area contributed by atoms with Crippen LogP contribution in [0.15, 0.2) is 57.1 Å². The highest BCUT2D eigenvalue weighted by Crippen LogP contribution is 2.61. The Morgan fingerprint density at radius 3 is 1.80 bits per heavy atom. The third-order valence-corrected chi connectivity index (χ3v) is 15.8. The van der Waals surface area contributed by atoms with Crippen molar-refractivity contribution in [3.63, 3.8) is 0 Å². The molecule has 4 heterocycles. The zero-order chi connectivity index (χ0) is 60.3. The van der Waals surface area contributed by atoms with E-state index in [9.17, 15) is 80.7 Å². The Morgan fingerprint density at radius 2 is 1.25 bits per heavy atom. The second kappa shape index (κ2) is 28.4. The third kappa shape index (κ3) is 18.8. The minimum atomic E-state index is -6.17. The molecule has 17 atom stereocenters. The molecule has 452 valence electrons. The number of H-pyrrole nitrogens is 1. The van der Waals surface area contributed by atoms with Crippen molar-refractivity contribution in [2.75, 3.05) is 32.2 Å². The molecule has 3 saturated heterocycles. The first-order valence-electron chi connectivity index (χ1n) is 24.0. The number of esters is 5. The van der Waals surface area contributed by atoms with Gasteiger partial charge in [0.2, 0.25) is 11.8 Å². The summed E-state index contributed by atoms with van der Waals surface area (Å²) in [6.45, 7) is 2.99. The van der Waals surface area contributed by atoms with Crippen molar-refractivity contribution in [3.8, 4) is 0 Å². The van der Waals surface area contributed by atoms with Gasteiger partial charge in [-0.3, -0.25) is 52.2 Å². The van der Waals surface area contributed by atoms with E-state index in [1.54, 1.807) is 6.07 Å². The molecule has 3 aliphatic heterocycles. The van der Waals surface area contributed by atoms with Crippen molar-refractivity contribution >= 4 is 67.1 Å². The predicted octanol–water partition coefficient (Wildman–Crippen LogP) is -2.97. The Kier molecular flexibility index (Phi) is 23.1. The highest BCUT2D eigenvalue weighted by molar-refractivity contribution is 7.91. The number of aromatic nitrogens is 2. The number of carbonyl (C=O) groups is 7. The van der Waals surface area contributed by atoms with Crippen LogP contribution < -0.4 is 21.9 Å². The monoisotopic (exact) mass is 1220 g/mol. The Balaban J connectivity index is 1.54. The number of nitrogens with one attached hydrogen (secondary N) is 3. The lowest BCUT2D eigenvalue weighted by atomic mass is 9.93. The van der Waals surface area contributed by atoms with Crippen LogP contribution in [0.3, 0.4) is 0 Å². The molecule has 5 rings (SSSR count). The number of nitrogens with zero attached hydrogens (tertiary/aromatic N) is 1. The molecule has 0 saturated carbocycles. The summed E-state index contributed by atoms with van der Waals surface area (Å²) >= 11 is 0. The van der Waals surface area contributed by atoms with E-state index in [1.165, 1.54) is 24.3 Å². The van der Waals surface area contributed by atoms with E-state index in [1.807, 2.05) is 4.98 Å². The summed E-state index contributed by atoms with van der Waals surface area (Å²) in [7, 11) is -16.1. The molecule has 3 fully saturated rings. The van der Waals surface area contributed by atoms with Gasteiger partial charge < -0.3 is 78.0 Å². The van der Waals surface area contributed by atoms with Gasteiger partial charge in [0.15, 0.2) is 47.0 Å². The molecule has 7 N–H and O–H groups in total. The topological polar surface area (TPSA) is 468 Å². The summed E-state index contributed by atoms with van der Waals surface area (Å²) in [6, 6.07) is 4.03. The Morgan fingerprint density at radius 1 is 0.691 bits per heavy atom. The zero-order valence-electron chi connectivity index (χ0n) is 43.9. The van der Waals surface area contributed by atoms with Gasteiger partial charge in [0.25, 0.3) is 5.56 Å². The van der Waals surface area contributed by atoms with Gasteiger partial charge >= 0.3 is 51.2 Å². The fraction of sp³-hybridized carbons (Fsp3) is 0.614. The molecule has 0 bridgehead atoms. The first-order valence-corrected chi connectivity index (χ1v) is 28.7. The summed E-state index contributed by atoms with van der Waals surface area (Å²) in [5.74, 6) is -7.90. The van der Waals surface area contributed by atoms with E-state index in [2.05, 4.69) is 14.9 Å². The Hall–Kier alpha value is -5.88. The Labute approximate surface area is 458 Å². The molecule has 37 heteroatoms. The van der Waals surface area contributed by atoms with Gasteiger partial charge in [0.05, 0.1) is 17.3 Å². The lowest BCUT2D eigenvalue weighted by Gasteiger charge is -2.50. The molecule has 81 heavy (non-hydrogen) atoms. The lowest BCUT2D eigenvalue weighted by molar-refractivity contribution is -0.332. The smallest absolute Gasteiger partial charge is 0.463 e. The quantitative estimate of drug-likeness (QED) is 0.0296. The molecule has 34 nitrogen and oxygen atoms in total. The second-order valence-corrected chi connectivity index (χ2v) is 23.0. The van der Waals surface area contributed by atoms with Crippen LogP contribution in [0.1, 0.15) is 54.7 Å². The van der Waals surface area contributed by atoms with Crippen LogP contribution in [0.2, 0.25) is 0 Å². The van der Waals surface area contributed by atoms with E-state index in [4.69, 9.17) is 56.4 Å². The molecule has 1 aromatic heterocycles. The van der Waals surface area contributed by atoms with E-state index in [-0.39, 0.29) is 4.90 Å². The maximum atomic E-state index is 13.8. The van der Waals surface area contributed by atoms with Crippen LogP contribution in [0.4, 0.5) is 0 Å². The van der Waals surface area contributed by atoms with Gasteiger partial charge in [-0.2, -0.15) is 4.31 Å². The molecular weight excluding hydrogens is 1160 g/mol. The van der Waals surface area contributed by atoms with Gasteiger partial charge in [0.1, 0.15) is 74.6 Å². The van der Waals surface area contributed by atoms with Crippen LogP contribution in [-0.2, 0) is 113 Å². The molecule has 0 aliphatic carbocycles. The van der Waals surface area contributed by atoms with Crippen molar-refractivity contribution in [2.45, 2.75) is 145 Å². The Bertz CT molecular complexity index is 2930. The van der Waals surface area contributed by atoms with E-state index >= 15 is 0 Å². The average Bonchev–Trinajstić information content (AvgIpc) is 3.72.